The highest BCUT2D eigenvalue weighted by Crippen LogP contribution is 2.25. The molecule has 0 aliphatic carbocycles. The molecule has 6 heteroatoms. The molecule has 0 aromatic carbocycles. The minimum absolute atomic E-state index is 0.0267. The fourth-order valence-electron chi connectivity index (χ4n) is 1.59. The number of rotatable bonds is 1. The van der Waals surface area contributed by atoms with E-state index in [1.807, 2.05) is 0 Å². The average Bonchev–Trinajstić information content (AvgIpc) is 2.83. The van der Waals surface area contributed by atoms with E-state index in [0.29, 0.717) is 5.95 Å². The van der Waals surface area contributed by atoms with Crippen molar-refractivity contribution in [1.82, 2.24) is 19.7 Å². The first kappa shape index (κ1) is 8.72. The largest absolute Gasteiger partial charge is 0.291 e. The molecule has 3 heterocycles. The Morgan fingerprint density at radius 2 is 2.13 bits per heavy atom. The van der Waals surface area contributed by atoms with Gasteiger partial charge in [-0.15, -0.1) is 0 Å². The maximum absolute atomic E-state index is 11.9. The Bertz CT molecular complexity index is 545. The van der Waals surface area contributed by atoms with E-state index in [4.69, 9.17) is 0 Å². The molecule has 0 atom stereocenters. The predicted molar refractivity (Wildman–Crippen MR) is 57.0 cm³/mol. The van der Waals surface area contributed by atoms with Gasteiger partial charge in [0.2, 0.25) is 0 Å². The van der Waals surface area contributed by atoms with Gasteiger partial charge in [0.15, 0.2) is 0 Å². The van der Waals surface area contributed by atoms with Crippen molar-refractivity contribution < 1.29 is 0 Å². The van der Waals surface area contributed by atoms with Crippen molar-refractivity contribution >= 4 is 11.8 Å². The number of thioether (sulfide) groups is 1. The summed E-state index contributed by atoms with van der Waals surface area (Å²) in [6.45, 7) is 0. The Hall–Kier alpha value is -1.56. The summed E-state index contributed by atoms with van der Waals surface area (Å²) in [7, 11) is 0. The molecule has 76 valence electrons. The quantitative estimate of drug-likeness (QED) is 0.768. The first-order valence-corrected chi connectivity index (χ1v) is 5.69. The van der Waals surface area contributed by atoms with Gasteiger partial charge >= 0.3 is 0 Å². The first-order chi connectivity index (χ1) is 7.36. The maximum Gasteiger partial charge on any atom is 0.278 e. The molecule has 0 amide bonds. The number of H-pyrrole nitrogens is 1. The van der Waals surface area contributed by atoms with Crippen LogP contribution in [0.3, 0.4) is 0 Å². The predicted octanol–water partition coefficient (Wildman–Crippen LogP) is 0.702. The summed E-state index contributed by atoms with van der Waals surface area (Å²) in [6.07, 6.45) is 3.24. The van der Waals surface area contributed by atoms with Crippen molar-refractivity contribution in [1.29, 1.82) is 0 Å². The Kier molecular flexibility index (Phi) is 1.88. The smallest absolute Gasteiger partial charge is 0.278 e. The van der Waals surface area contributed by atoms with E-state index in [1.54, 1.807) is 30.2 Å². The van der Waals surface area contributed by atoms with Crippen molar-refractivity contribution in [2.45, 2.75) is 11.5 Å². The van der Waals surface area contributed by atoms with Crippen LogP contribution in [-0.4, -0.2) is 19.7 Å². The second kappa shape index (κ2) is 3.23. The van der Waals surface area contributed by atoms with Gasteiger partial charge in [0, 0.05) is 23.9 Å². The van der Waals surface area contributed by atoms with Gasteiger partial charge in [0.05, 0.1) is 11.3 Å². The monoisotopic (exact) mass is 220 g/mol. The van der Waals surface area contributed by atoms with Crippen LogP contribution in [0.2, 0.25) is 0 Å². The van der Waals surface area contributed by atoms with Crippen LogP contribution in [-0.2, 0) is 11.5 Å². The fourth-order valence-corrected chi connectivity index (χ4v) is 2.63. The van der Waals surface area contributed by atoms with Gasteiger partial charge < -0.3 is 0 Å². The molecule has 5 nitrogen and oxygen atoms in total. The third-order valence-corrected chi connectivity index (χ3v) is 3.30. The molecule has 3 rings (SSSR count). The van der Waals surface area contributed by atoms with Crippen LogP contribution in [0.1, 0.15) is 11.3 Å². The van der Waals surface area contributed by atoms with Gasteiger partial charge in [-0.3, -0.25) is 9.89 Å². The zero-order valence-electron chi connectivity index (χ0n) is 7.80. The lowest BCUT2D eigenvalue weighted by Gasteiger charge is -1.98. The molecule has 0 unspecified atom stereocenters. The van der Waals surface area contributed by atoms with Crippen molar-refractivity contribution in [3.8, 4) is 5.95 Å². The minimum atomic E-state index is -0.0267. The van der Waals surface area contributed by atoms with Crippen molar-refractivity contribution in [3.05, 3.63) is 40.1 Å². The minimum Gasteiger partial charge on any atom is -0.291 e. The summed E-state index contributed by atoms with van der Waals surface area (Å²) < 4.78 is 1.41. The highest BCUT2D eigenvalue weighted by molar-refractivity contribution is 7.98. The number of fused-ring (bicyclic) bond motifs is 1. The van der Waals surface area contributed by atoms with E-state index in [9.17, 15) is 4.79 Å². The topological polar surface area (TPSA) is 63.6 Å². The Morgan fingerprint density at radius 1 is 1.33 bits per heavy atom. The lowest BCUT2D eigenvalue weighted by atomic mass is 10.3. The summed E-state index contributed by atoms with van der Waals surface area (Å²) in [5, 5.41) is 3.04. The molecule has 1 N–H and O–H groups in total. The lowest BCUT2D eigenvalue weighted by molar-refractivity contribution is 0.771. The molecule has 0 saturated carbocycles. The van der Waals surface area contributed by atoms with E-state index in [-0.39, 0.29) is 5.56 Å². The van der Waals surface area contributed by atoms with Gasteiger partial charge in [0.25, 0.3) is 11.5 Å². The van der Waals surface area contributed by atoms with Gasteiger partial charge in [-0.2, -0.15) is 16.4 Å². The summed E-state index contributed by atoms with van der Waals surface area (Å²) in [6, 6.07) is 1.72. The zero-order valence-corrected chi connectivity index (χ0v) is 8.62. The summed E-state index contributed by atoms with van der Waals surface area (Å²) in [4.78, 5) is 20.0. The number of hydrogen-bond acceptors (Lipinski definition) is 4. The van der Waals surface area contributed by atoms with Crippen LogP contribution in [0.4, 0.5) is 0 Å². The molecule has 1 aliphatic rings. The second-order valence-corrected chi connectivity index (χ2v) is 4.24. The van der Waals surface area contributed by atoms with E-state index < -0.39 is 0 Å². The molecule has 2 aromatic rings. The molecule has 0 radical (unpaired) electrons. The van der Waals surface area contributed by atoms with Crippen molar-refractivity contribution in [3.63, 3.8) is 0 Å². The average molecular weight is 220 g/mol. The molecule has 15 heavy (non-hydrogen) atoms. The molecule has 0 fully saturated rings. The summed E-state index contributed by atoms with van der Waals surface area (Å²) >= 11 is 1.74. The van der Waals surface area contributed by atoms with E-state index in [1.165, 1.54) is 4.68 Å². The Morgan fingerprint density at radius 3 is 2.87 bits per heavy atom. The number of aromatic amines is 1. The van der Waals surface area contributed by atoms with Crippen LogP contribution in [0, 0.1) is 0 Å². The van der Waals surface area contributed by atoms with E-state index in [2.05, 4.69) is 15.1 Å². The third kappa shape index (κ3) is 1.29. The van der Waals surface area contributed by atoms with Crippen LogP contribution in [0.25, 0.3) is 5.95 Å². The highest BCUT2D eigenvalue weighted by atomic mass is 32.2. The van der Waals surface area contributed by atoms with Crippen LogP contribution in [0.5, 0.6) is 0 Å². The Balaban J connectivity index is 2.19. The molecule has 1 aliphatic heterocycles. The fraction of sp³-hybridized carbons (Fsp3) is 0.222. The molecule has 0 spiro atoms. The van der Waals surface area contributed by atoms with Crippen molar-refractivity contribution in [2.75, 3.05) is 0 Å². The Labute approximate surface area is 89.5 Å². The first-order valence-electron chi connectivity index (χ1n) is 4.54. The van der Waals surface area contributed by atoms with Crippen LogP contribution >= 0.6 is 11.8 Å². The summed E-state index contributed by atoms with van der Waals surface area (Å²) in [5.41, 5.74) is 1.83. The number of nitrogens with one attached hydrogen (secondary N) is 1. The number of nitrogens with zero attached hydrogens (tertiary/aromatic N) is 3. The molecular formula is C9H8N4OS. The van der Waals surface area contributed by atoms with E-state index in [0.717, 1.165) is 22.8 Å². The summed E-state index contributed by atoms with van der Waals surface area (Å²) in [5.74, 6) is 2.05. The lowest BCUT2D eigenvalue weighted by Crippen LogP contribution is -2.18. The van der Waals surface area contributed by atoms with E-state index >= 15 is 0 Å². The van der Waals surface area contributed by atoms with Crippen molar-refractivity contribution in [2.24, 2.45) is 0 Å². The highest BCUT2D eigenvalue weighted by Gasteiger charge is 2.20. The van der Waals surface area contributed by atoms with Crippen LogP contribution in [0.15, 0.2) is 23.3 Å². The van der Waals surface area contributed by atoms with Gasteiger partial charge in [0.1, 0.15) is 0 Å². The molecular weight excluding hydrogens is 212 g/mol. The third-order valence-electron chi connectivity index (χ3n) is 2.32. The number of aromatic nitrogens is 4. The number of hydrogen-bond donors (Lipinski definition) is 1. The van der Waals surface area contributed by atoms with Crippen LogP contribution < -0.4 is 5.56 Å². The SMILES string of the molecule is O=c1c2c([nH]n1-c1ncccn1)CSC2. The molecule has 0 bridgehead atoms. The molecule has 2 aromatic heterocycles. The standard InChI is InChI=1S/C9H8N4OS/c14-8-6-4-15-5-7(6)12-13(8)9-10-2-1-3-11-9/h1-3,12H,4-5H2. The molecule has 0 saturated heterocycles. The van der Waals surface area contributed by atoms with Gasteiger partial charge in [-0.1, -0.05) is 0 Å². The van der Waals surface area contributed by atoms with Gasteiger partial charge in [-0.05, 0) is 6.07 Å². The van der Waals surface area contributed by atoms with Gasteiger partial charge in [-0.25, -0.2) is 9.97 Å². The maximum atomic E-state index is 11.9. The normalized spacial score (nSPS) is 14.1. The zero-order chi connectivity index (χ0) is 10.3. The second-order valence-electron chi connectivity index (χ2n) is 3.25.